The molecule has 0 aliphatic heterocycles. The first-order chi connectivity index (χ1) is 12.0. The minimum Gasteiger partial charge on any atom is -0.448 e. The molecule has 0 atom stereocenters. The van der Waals surface area contributed by atoms with E-state index < -0.39 is 15.9 Å². The number of anilines is 1. The largest absolute Gasteiger partial charge is 0.448 e. The molecule has 8 heteroatoms. The van der Waals surface area contributed by atoms with Crippen LogP contribution in [0.25, 0.3) is 0 Å². The Kier molecular flexibility index (Phi) is 7.61. The van der Waals surface area contributed by atoms with Crippen LogP contribution in [0.5, 0.6) is 0 Å². The van der Waals surface area contributed by atoms with Crippen LogP contribution in [0.4, 0.5) is 10.5 Å². The zero-order valence-corrected chi connectivity index (χ0v) is 15.7. The highest BCUT2D eigenvalue weighted by Gasteiger charge is 2.13. The van der Waals surface area contributed by atoms with Crippen LogP contribution < -0.4 is 5.32 Å². The number of hydrogen-bond acceptors (Lipinski definition) is 5. The number of halogens is 1. The molecule has 0 fully saturated rings. The maximum Gasteiger partial charge on any atom is 0.411 e. The first-order valence-corrected chi connectivity index (χ1v) is 10.7. The molecule has 0 saturated carbocycles. The molecule has 0 saturated heterocycles. The molecule has 2 rings (SSSR count). The van der Waals surface area contributed by atoms with E-state index >= 15 is 0 Å². The van der Waals surface area contributed by atoms with Crippen molar-refractivity contribution in [3.63, 3.8) is 0 Å². The Morgan fingerprint density at radius 2 is 1.72 bits per heavy atom. The number of carbonyl (C=O) groups excluding carboxylic acids is 1. The molecule has 0 aromatic heterocycles. The minimum atomic E-state index is -3.32. The highest BCUT2D eigenvalue weighted by Crippen LogP contribution is 2.16. The summed E-state index contributed by atoms with van der Waals surface area (Å²) >= 11 is 7.17. The molecule has 1 N–H and O–H groups in total. The highest BCUT2D eigenvalue weighted by atomic mass is 35.5. The standard InChI is InChI=1S/C17H18ClNO4S2/c18-14-6-8-16(9-7-14)25(21,22)13-12-24-11-10-23-17(20)19-15-4-2-1-3-5-15/h1-9H,10-13H2,(H,19,20). The molecule has 0 bridgehead atoms. The van der Waals surface area contributed by atoms with E-state index in [0.29, 0.717) is 22.2 Å². The van der Waals surface area contributed by atoms with Crippen LogP contribution in [-0.4, -0.2) is 38.4 Å². The van der Waals surface area contributed by atoms with Gasteiger partial charge in [-0.05, 0) is 36.4 Å². The summed E-state index contributed by atoms with van der Waals surface area (Å²) in [6.07, 6.45) is -0.527. The van der Waals surface area contributed by atoms with Crippen molar-refractivity contribution in [1.82, 2.24) is 0 Å². The van der Waals surface area contributed by atoms with Crippen molar-refractivity contribution in [2.45, 2.75) is 4.90 Å². The molecule has 0 unspecified atom stereocenters. The molecular formula is C17H18ClNO4S2. The van der Waals surface area contributed by atoms with Crippen molar-refractivity contribution in [2.24, 2.45) is 0 Å². The number of sulfone groups is 1. The van der Waals surface area contributed by atoms with Crippen LogP contribution in [0, 0.1) is 0 Å². The van der Waals surface area contributed by atoms with Crippen molar-refractivity contribution in [3.05, 3.63) is 59.6 Å². The topological polar surface area (TPSA) is 72.5 Å². The van der Waals surface area contributed by atoms with E-state index in [1.165, 1.54) is 23.9 Å². The Morgan fingerprint density at radius 1 is 1.04 bits per heavy atom. The summed E-state index contributed by atoms with van der Waals surface area (Å²) in [6, 6.07) is 15.1. The summed E-state index contributed by atoms with van der Waals surface area (Å²) in [7, 11) is -3.32. The number of hydrogen-bond donors (Lipinski definition) is 1. The number of carbonyl (C=O) groups is 1. The van der Waals surface area contributed by atoms with Crippen LogP contribution in [0.2, 0.25) is 5.02 Å². The highest BCUT2D eigenvalue weighted by molar-refractivity contribution is 8.00. The minimum absolute atomic E-state index is 0.0233. The molecule has 2 aromatic rings. The molecule has 25 heavy (non-hydrogen) atoms. The van der Waals surface area contributed by atoms with Crippen LogP contribution in [-0.2, 0) is 14.6 Å². The molecule has 0 heterocycles. The number of nitrogens with one attached hydrogen (secondary N) is 1. The molecule has 0 spiro atoms. The first-order valence-electron chi connectivity index (χ1n) is 7.52. The van der Waals surface area contributed by atoms with Gasteiger partial charge in [-0.25, -0.2) is 13.2 Å². The lowest BCUT2D eigenvalue weighted by atomic mass is 10.3. The second kappa shape index (κ2) is 9.70. The van der Waals surface area contributed by atoms with Crippen LogP contribution in [0.1, 0.15) is 0 Å². The third kappa shape index (κ3) is 6.97. The monoisotopic (exact) mass is 399 g/mol. The average molecular weight is 400 g/mol. The SMILES string of the molecule is O=C(Nc1ccccc1)OCCSCCS(=O)(=O)c1ccc(Cl)cc1. The van der Waals surface area contributed by atoms with Crippen LogP contribution in [0.15, 0.2) is 59.5 Å². The van der Waals surface area contributed by atoms with Gasteiger partial charge in [0.2, 0.25) is 0 Å². The van der Waals surface area contributed by atoms with E-state index in [9.17, 15) is 13.2 Å². The normalized spacial score (nSPS) is 11.1. The number of para-hydroxylation sites is 1. The van der Waals surface area contributed by atoms with Crippen molar-refractivity contribution >= 4 is 45.0 Å². The molecule has 0 aliphatic rings. The maximum absolute atomic E-state index is 12.1. The Hall–Kier alpha value is -1.70. The fourth-order valence-corrected chi connectivity index (χ4v) is 4.57. The van der Waals surface area contributed by atoms with Crippen molar-refractivity contribution in [3.8, 4) is 0 Å². The maximum atomic E-state index is 12.1. The summed E-state index contributed by atoms with van der Waals surface area (Å²) in [6.45, 7) is 0.213. The summed E-state index contributed by atoms with van der Waals surface area (Å²) in [5.74, 6) is 0.975. The lowest BCUT2D eigenvalue weighted by Crippen LogP contribution is -2.15. The van der Waals surface area contributed by atoms with Gasteiger partial charge in [0.05, 0.1) is 10.6 Å². The zero-order valence-electron chi connectivity index (χ0n) is 13.4. The van der Waals surface area contributed by atoms with Gasteiger partial charge in [-0.3, -0.25) is 5.32 Å². The van der Waals surface area contributed by atoms with Crippen LogP contribution >= 0.6 is 23.4 Å². The van der Waals surface area contributed by atoms with Gasteiger partial charge >= 0.3 is 6.09 Å². The predicted molar refractivity (Wildman–Crippen MR) is 102 cm³/mol. The second-order valence-electron chi connectivity index (χ2n) is 5.01. The molecule has 5 nitrogen and oxygen atoms in total. The summed E-state index contributed by atoms with van der Waals surface area (Å²) in [4.78, 5) is 11.8. The fourth-order valence-electron chi connectivity index (χ4n) is 1.90. The molecule has 0 radical (unpaired) electrons. The van der Waals surface area contributed by atoms with Crippen molar-refractivity contribution in [1.29, 1.82) is 0 Å². The van der Waals surface area contributed by atoms with Crippen molar-refractivity contribution in [2.75, 3.05) is 29.2 Å². The van der Waals surface area contributed by atoms with E-state index in [0.717, 1.165) is 0 Å². The number of amides is 1. The second-order valence-corrected chi connectivity index (χ2v) is 8.78. The number of benzene rings is 2. The summed E-state index contributed by atoms with van der Waals surface area (Å²) in [5.41, 5.74) is 0.661. The summed E-state index contributed by atoms with van der Waals surface area (Å²) in [5, 5.41) is 3.11. The third-order valence-corrected chi connectivity index (χ3v) is 6.34. The number of rotatable bonds is 8. The van der Waals surface area contributed by atoms with E-state index in [-0.39, 0.29) is 17.3 Å². The predicted octanol–water partition coefficient (Wildman–Crippen LogP) is 4.10. The number of ether oxygens (including phenoxy) is 1. The summed E-state index contributed by atoms with van der Waals surface area (Å²) < 4.78 is 29.3. The molecule has 1 amide bonds. The quantitative estimate of drug-likeness (QED) is 0.676. The van der Waals surface area contributed by atoms with Gasteiger partial charge in [-0.15, -0.1) is 0 Å². The Labute approximate surface area is 156 Å². The van der Waals surface area contributed by atoms with E-state index in [1.807, 2.05) is 18.2 Å². The van der Waals surface area contributed by atoms with Gasteiger partial charge in [-0.2, -0.15) is 11.8 Å². The third-order valence-electron chi connectivity index (χ3n) is 3.15. The first kappa shape index (κ1) is 19.6. The van der Waals surface area contributed by atoms with Gasteiger partial charge in [0.1, 0.15) is 6.61 Å². The van der Waals surface area contributed by atoms with Gasteiger partial charge in [-0.1, -0.05) is 29.8 Å². The van der Waals surface area contributed by atoms with E-state index in [1.54, 1.807) is 24.3 Å². The molecule has 0 aliphatic carbocycles. The van der Waals surface area contributed by atoms with Gasteiger partial charge in [0.25, 0.3) is 0 Å². The molecular weight excluding hydrogens is 382 g/mol. The lowest BCUT2D eigenvalue weighted by Gasteiger charge is -2.07. The zero-order chi connectivity index (χ0) is 18.1. The van der Waals surface area contributed by atoms with E-state index in [4.69, 9.17) is 16.3 Å². The van der Waals surface area contributed by atoms with Crippen molar-refractivity contribution < 1.29 is 17.9 Å². The molecule has 134 valence electrons. The lowest BCUT2D eigenvalue weighted by molar-refractivity contribution is 0.169. The average Bonchev–Trinajstić information content (AvgIpc) is 2.59. The Morgan fingerprint density at radius 3 is 2.40 bits per heavy atom. The van der Waals surface area contributed by atoms with Gasteiger partial charge in [0, 0.05) is 22.2 Å². The fraction of sp³-hybridized carbons (Fsp3) is 0.235. The van der Waals surface area contributed by atoms with E-state index in [2.05, 4.69) is 5.32 Å². The van der Waals surface area contributed by atoms with Gasteiger partial charge in [0.15, 0.2) is 9.84 Å². The molecule has 2 aromatic carbocycles. The van der Waals surface area contributed by atoms with Gasteiger partial charge < -0.3 is 4.74 Å². The Bertz CT molecular complexity index is 780. The number of thioether (sulfide) groups is 1. The Balaban J connectivity index is 1.63. The smallest absolute Gasteiger partial charge is 0.411 e. The van der Waals surface area contributed by atoms with Crippen LogP contribution in [0.3, 0.4) is 0 Å².